The summed E-state index contributed by atoms with van der Waals surface area (Å²) in [5, 5.41) is 12.8. The maximum Gasteiger partial charge on any atom is 0.0830 e. The van der Waals surface area contributed by atoms with Crippen LogP contribution in [0, 0.1) is 6.92 Å². The molecule has 100 valence electrons. The lowest BCUT2D eigenvalue weighted by Crippen LogP contribution is -2.02. The minimum atomic E-state index is -0.448. The Morgan fingerprint density at radius 3 is 2.45 bits per heavy atom. The second-order valence-corrected chi connectivity index (χ2v) is 5.32. The Labute approximate surface area is 119 Å². The summed E-state index contributed by atoms with van der Waals surface area (Å²) < 4.78 is 0. The monoisotopic (exact) mass is 262 g/mol. The molecule has 0 spiro atoms. The SMILES string of the molecule is Cc1cccc(C(O)Cc2ccc3ccccc3c2)c1. The van der Waals surface area contributed by atoms with Crippen molar-refractivity contribution < 1.29 is 5.11 Å². The molecule has 0 aliphatic heterocycles. The van der Waals surface area contributed by atoms with Crippen molar-refractivity contribution in [2.75, 3.05) is 0 Å². The molecule has 1 heteroatoms. The molecule has 3 aromatic rings. The Balaban J connectivity index is 1.85. The number of benzene rings is 3. The first-order valence-electron chi connectivity index (χ1n) is 6.95. The maximum atomic E-state index is 10.4. The number of aliphatic hydroxyl groups excluding tert-OH is 1. The van der Waals surface area contributed by atoms with Crippen LogP contribution in [-0.2, 0) is 6.42 Å². The van der Waals surface area contributed by atoms with E-state index in [2.05, 4.69) is 30.3 Å². The molecule has 0 aliphatic carbocycles. The van der Waals surface area contributed by atoms with Gasteiger partial charge in [-0.3, -0.25) is 0 Å². The van der Waals surface area contributed by atoms with Gasteiger partial charge in [-0.25, -0.2) is 0 Å². The number of rotatable bonds is 3. The predicted octanol–water partition coefficient (Wildman–Crippen LogP) is 4.42. The van der Waals surface area contributed by atoms with E-state index in [1.165, 1.54) is 16.3 Å². The normalized spacial score (nSPS) is 12.5. The van der Waals surface area contributed by atoms with Gasteiger partial charge in [0.2, 0.25) is 0 Å². The smallest absolute Gasteiger partial charge is 0.0830 e. The van der Waals surface area contributed by atoms with Crippen LogP contribution in [0.3, 0.4) is 0 Å². The molecule has 1 unspecified atom stereocenters. The Kier molecular flexibility index (Phi) is 3.53. The van der Waals surface area contributed by atoms with Gasteiger partial charge in [-0.15, -0.1) is 0 Å². The second kappa shape index (κ2) is 5.48. The fourth-order valence-corrected chi connectivity index (χ4v) is 2.58. The summed E-state index contributed by atoms with van der Waals surface area (Å²) in [5.74, 6) is 0. The fraction of sp³-hybridized carbons (Fsp3) is 0.158. The highest BCUT2D eigenvalue weighted by atomic mass is 16.3. The fourth-order valence-electron chi connectivity index (χ4n) is 2.58. The van der Waals surface area contributed by atoms with E-state index in [0.29, 0.717) is 6.42 Å². The molecule has 3 rings (SSSR count). The van der Waals surface area contributed by atoms with E-state index >= 15 is 0 Å². The van der Waals surface area contributed by atoms with Gasteiger partial charge < -0.3 is 5.11 Å². The summed E-state index contributed by atoms with van der Waals surface area (Å²) in [6.45, 7) is 2.05. The zero-order valence-corrected chi connectivity index (χ0v) is 11.6. The molecule has 1 nitrogen and oxygen atoms in total. The molecule has 0 fully saturated rings. The summed E-state index contributed by atoms with van der Waals surface area (Å²) in [7, 11) is 0. The van der Waals surface area contributed by atoms with E-state index in [-0.39, 0.29) is 0 Å². The van der Waals surface area contributed by atoms with Gasteiger partial charge in [0.05, 0.1) is 6.10 Å². The van der Waals surface area contributed by atoms with E-state index < -0.39 is 6.10 Å². The molecule has 0 saturated carbocycles. The van der Waals surface area contributed by atoms with E-state index in [9.17, 15) is 5.11 Å². The summed E-state index contributed by atoms with van der Waals surface area (Å²) in [6, 6.07) is 22.8. The topological polar surface area (TPSA) is 20.2 Å². The highest BCUT2D eigenvalue weighted by Gasteiger charge is 2.09. The van der Waals surface area contributed by atoms with Gasteiger partial charge in [0, 0.05) is 6.42 Å². The first kappa shape index (κ1) is 12.9. The maximum absolute atomic E-state index is 10.4. The number of aliphatic hydroxyl groups is 1. The number of hydrogen-bond acceptors (Lipinski definition) is 1. The quantitative estimate of drug-likeness (QED) is 0.740. The molecule has 1 atom stereocenters. The third-order valence-electron chi connectivity index (χ3n) is 3.67. The van der Waals surface area contributed by atoms with E-state index in [1.807, 2.05) is 43.3 Å². The molecule has 0 aromatic heterocycles. The molecule has 0 saturated heterocycles. The van der Waals surface area contributed by atoms with E-state index in [1.54, 1.807) is 0 Å². The van der Waals surface area contributed by atoms with Crippen LogP contribution in [-0.4, -0.2) is 5.11 Å². The van der Waals surface area contributed by atoms with Crippen molar-refractivity contribution in [3.05, 3.63) is 83.4 Å². The summed E-state index contributed by atoms with van der Waals surface area (Å²) in [6.07, 6.45) is 0.199. The Hall–Kier alpha value is -2.12. The highest BCUT2D eigenvalue weighted by molar-refractivity contribution is 5.83. The Bertz CT molecular complexity index is 730. The third-order valence-corrected chi connectivity index (χ3v) is 3.67. The van der Waals surface area contributed by atoms with Crippen LogP contribution in [0.2, 0.25) is 0 Å². The highest BCUT2D eigenvalue weighted by Crippen LogP contribution is 2.22. The lowest BCUT2D eigenvalue weighted by molar-refractivity contribution is 0.178. The minimum Gasteiger partial charge on any atom is -0.388 e. The predicted molar refractivity (Wildman–Crippen MR) is 83.8 cm³/mol. The molecule has 0 heterocycles. The lowest BCUT2D eigenvalue weighted by atomic mass is 9.98. The van der Waals surface area contributed by atoms with Crippen LogP contribution in [0.15, 0.2) is 66.7 Å². The zero-order chi connectivity index (χ0) is 13.9. The van der Waals surface area contributed by atoms with Gasteiger partial charge in [0.1, 0.15) is 0 Å². The second-order valence-electron chi connectivity index (χ2n) is 5.32. The average molecular weight is 262 g/mol. The standard InChI is InChI=1S/C19H18O/c1-14-5-4-8-18(11-14)19(20)13-15-9-10-16-6-2-3-7-17(16)12-15/h2-12,19-20H,13H2,1H3. The Morgan fingerprint density at radius 1 is 0.850 bits per heavy atom. The molecule has 3 aromatic carbocycles. The van der Waals surface area contributed by atoms with E-state index in [0.717, 1.165) is 11.1 Å². The average Bonchev–Trinajstić information content (AvgIpc) is 2.47. The van der Waals surface area contributed by atoms with Crippen molar-refractivity contribution in [1.82, 2.24) is 0 Å². The van der Waals surface area contributed by atoms with Gasteiger partial charge in [-0.05, 0) is 28.8 Å². The molecule has 0 radical (unpaired) electrons. The molecule has 1 N–H and O–H groups in total. The zero-order valence-electron chi connectivity index (χ0n) is 11.6. The molecular weight excluding hydrogens is 244 g/mol. The number of aryl methyl sites for hydroxylation is 1. The van der Waals surface area contributed by atoms with Crippen LogP contribution in [0.25, 0.3) is 10.8 Å². The van der Waals surface area contributed by atoms with Gasteiger partial charge in [0.25, 0.3) is 0 Å². The molecule has 0 aliphatic rings. The van der Waals surface area contributed by atoms with Crippen molar-refractivity contribution in [3.63, 3.8) is 0 Å². The first-order chi connectivity index (χ1) is 9.72. The van der Waals surface area contributed by atoms with Crippen LogP contribution in [0.4, 0.5) is 0 Å². The first-order valence-corrected chi connectivity index (χ1v) is 6.95. The van der Waals surface area contributed by atoms with Gasteiger partial charge in [0.15, 0.2) is 0 Å². The van der Waals surface area contributed by atoms with Crippen LogP contribution in [0.5, 0.6) is 0 Å². The van der Waals surface area contributed by atoms with Crippen LogP contribution < -0.4 is 0 Å². The summed E-state index contributed by atoms with van der Waals surface area (Å²) in [4.78, 5) is 0. The molecular formula is C19H18O. The van der Waals surface area contributed by atoms with Crippen molar-refractivity contribution in [2.45, 2.75) is 19.4 Å². The van der Waals surface area contributed by atoms with Crippen LogP contribution in [0.1, 0.15) is 22.8 Å². The third kappa shape index (κ3) is 2.73. The van der Waals surface area contributed by atoms with Crippen molar-refractivity contribution in [1.29, 1.82) is 0 Å². The van der Waals surface area contributed by atoms with Gasteiger partial charge >= 0.3 is 0 Å². The summed E-state index contributed by atoms with van der Waals surface area (Å²) in [5.41, 5.74) is 3.33. The van der Waals surface area contributed by atoms with Gasteiger partial charge in [-0.2, -0.15) is 0 Å². The van der Waals surface area contributed by atoms with Crippen LogP contribution >= 0.6 is 0 Å². The molecule has 0 amide bonds. The lowest BCUT2D eigenvalue weighted by Gasteiger charge is -2.12. The largest absolute Gasteiger partial charge is 0.388 e. The van der Waals surface area contributed by atoms with Crippen molar-refractivity contribution >= 4 is 10.8 Å². The molecule has 0 bridgehead atoms. The Morgan fingerprint density at radius 2 is 1.65 bits per heavy atom. The van der Waals surface area contributed by atoms with E-state index in [4.69, 9.17) is 0 Å². The minimum absolute atomic E-state index is 0.448. The number of hydrogen-bond donors (Lipinski definition) is 1. The summed E-state index contributed by atoms with van der Waals surface area (Å²) >= 11 is 0. The molecule has 20 heavy (non-hydrogen) atoms. The van der Waals surface area contributed by atoms with Gasteiger partial charge in [-0.1, -0.05) is 72.3 Å². The van der Waals surface area contributed by atoms with Crippen molar-refractivity contribution in [3.8, 4) is 0 Å². The van der Waals surface area contributed by atoms with Crippen molar-refractivity contribution in [2.24, 2.45) is 0 Å². The number of fused-ring (bicyclic) bond motifs is 1.